The highest BCUT2D eigenvalue weighted by molar-refractivity contribution is 5.75. The van der Waals surface area contributed by atoms with E-state index in [0.717, 1.165) is 12.8 Å². The third kappa shape index (κ3) is 8.06. The quantitative estimate of drug-likeness (QED) is 0.370. The Bertz CT molecular complexity index is 111. The predicted molar refractivity (Wildman–Crippen MR) is 44.3 cm³/mol. The van der Waals surface area contributed by atoms with Crippen LogP contribution in [-0.2, 0) is 4.79 Å². The summed E-state index contributed by atoms with van der Waals surface area (Å²) in [6, 6.07) is -0.716. The second kappa shape index (κ2) is 8.25. The largest absolute Gasteiger partial charge is 0.480 e. The zero-order chi connectivity index (χ0) is 7.98. The third-order valence-corrected chi connectivity index (χ3v) is 1.29. The van der Waals surface area contributed by atoms with Crippen LogP contribution in [0.1, 0.15) is 19.3 Å². The lowest BCUT2D eigenvalue weighted by Crippen LogP contribution is -2.29. The van der Waals surface area contributed by atoms with E-state index in [1.165, 1.54) is 0 Å². The summed E-state index contributed by atoms with van der Waals surface area (Å²) < 4.78 is 0. The van der Waals surface area contributed by atoms with Crippen molar-refractivity contribution in [1.29, 1.82) is 0 Å². The summed E-state index contributed by atoms with van der Waals surface area (Å²) in [5.41, 5.74) is 10.4. The Balaban J connectivity index is 0. The maximum atomic E-state index is 10.1. The van der Waals surface area contributed by atoms with Crippen LogP contribution in [0, 0.1) is 0 Å². The summed E-state index contributed by atoms with van der Waals surface area (Å²) in [5, 5.41) is 8.33. The van der Waals surface area contributed by atoms with Crippen LogP contribution in [0.15, 0.2) is 0 Å². The molecule has 0 fully saturated rings. The first-order chi connectivity index (χ1) is 4.68. The third-order valence-electron chi connectivity index (χ3n) is 1.29. The van der Waals surface area contributed by atoms with E-state index in [1.807, 2.05) is 0 Å². The Labute approximate surface area is 82.5 Å². The molecule has 0 aliphatic rings. The SMILES string of the molecule is NCCCC[C@H](N)C(=O)O.[Mg]. The molecule has 0 unspecified atom stereocenters. The summed E-state index contributed by atoms with van der Waals surface area (Å²) in [6.45, 7) is 0.604. The topological polar surface area (TPSA) is 89.3 Å². The van der Waals surface area contributed by atoms with Gasteiger partial charge in [0.1, 0.15) is 6.04 Å². The number of carbonyl (C=O) groups is 1. The van der Waals surface area contributed by atoms with Gasteiger partial charge >= 0.3 is 5.97 Å². The Morgan fingerprint density at radius 2 is 2.00 bits per heavy atom. The molecule has 0 saturated carbocycles. The molecule has 62 valence electrons. The van der Waals surface area contributed by atoms with Crippen molar-refractivity contribution in [1.82, 2.24) is 0 Å². The fraction of sp³-hybridized carbons (Fsp3) is 0.833. The highest BCUT2D eigenvalue weighted by atomic mass is 24.3. The minimum absolute atomic E-state index is 0. The van der Waals surface area contributed by atoms with Crippen LogP contribution in [-0.4, -0.2) is 46.7 Å². The van der Waals surface area contributed by atoms with E-state index >= 15 is 0 Å². The van der Waals surface area contributed by atoms with Crippen LogP contribution in [0.5, 0.6) is 0 Å². The number of rotatable bonds is 5. The Hall–Kier alpha value is 0.156. The van der Waals surface area contributed by atoms with Gasteiger partial charge in [-0.05, 0) is 19.4 Å². The number of aliphatic carboxylic acids is 1. The van der Waals surface area contributed by atoms with Gasteiger partial charge in [-0.15, -0.1) is 0 Å². The molecular formula is C6H14MgN2O2. The zero-order valence-electron chi connectivity index (χ0n) is 6.62. The normalized spacial score (nSPS) is 11.8. The van der Waals surface area contributed by atoms with Crippen molar-refractivity contribution in [3.8, 4) is 0 Å². The standard InChI is InChI=1S/C6H14N2O2.Mg/c7-4-2-1-3-5(8)6(9)10;/h5H,1-4,7-8H2,(H,9,10);/t5-;/m0./s1. The molecule has 0 aliphatic heterocycles. The van der Waals surface area contributed by atoms with Gasteiger partial charge in [-0.3, -0.25) is 4.79 Å². The maximum Gasteiger partial charge on any atom is 0.320 e. The summed E-state index contributed by atoms with van der Waals surface area (Å²) >= 11 is 0. The first-order valence-corrected chi connectivity index (χ1v) is 3.37. The molecule has 4 nitrogen and oxygen atoms in total. The summed E-state index contributed by atoms with van der Waals surface area (Å²) in [5.74, 6) is -0.933. The van der Waals surface area contributed by atoms with Crippen molar-refractivity contribution in [2.75, 3.05) is 6.54 Å². The second-order valence-corrected chi connectivity index (χ2v) is 2.23. The van der Waals surface area contributed by atoms with Crippen molar-refractivity contribution in [3.63, 3.8) is 0 Å². The van der Waals surface area contributed by atoms with Crippen molar-refractivity contribution in [2.45, 2.75) is 25.3 Å². The smallest absolute Gasteiger partial charge is 0.320 e. The Kier molecular flexibility index (Phi) is 10.3. The van der Waals surface area contributed by atoms with Gasteiger partial charge in [0.15, 0.2) is 0 Å². The highest BCUT2D eigenvalue weighted by Gasteiger charge is 2.09. The molecule has 11 heavy (non-hydrogen) atoms. The molecule has 0 saturated heterocycles. The lowest BCUT2D eigenvalue weighted by molar-refractivity contribution is -0.138. The number of nitrogens with two attached hydrogens (primary N) is 2. The van der Waals surface area contributed by atoms with Crippen molar-refractivity contribution < 1.29 is 9.90 Å². The lowest BCUT2D eigenvalue weighted by atomic mass is 10.1. The number of unbranched alkanes of at least 4 members (excludes halogenated alkanes) is 1. The van der Waals surface area contributed by atoms with E-state index in [9.17, 15) is 4.79 Å². The summed E-state index contributed by atoms with van der Waals surface area (Å²) in [4.78, 5) is 10.1. The van der Waals surface area contributed by atoms with Gasteiger partial charge in [0.2, 0.25) is 0 Å². The van der Waals surface area contributed by atoms with Crippen LogP contribution in [0.3, 0.4) is 0 Å². The highest BCUT2D eigenvalue weighted by Crippen LogP contribution is 1.96. The van der Waals surface area contributed by atoms with E-state index in [0.29, 0.717) is 13.0 Å². The van der Waals surface area contributed by atoms with Crippen molar-refractivity contribution >= 4 is 29.0 Å². The molecule has 0 aromatic rings. The van der Waals surface area contributed by atoms with Gasteiger partial charge in [0.05, 0.1) is 0 Å². The summed E-state index contributed by atoms with van der Waals surface area (Å²) in [6.07, 6.45) is 2.16. The molecule has 0 aliphatic carbocycles. The first-order valence-electron chi connectivity index (χ1n) is 3.37. The summed E-state index contributed by atoms with van der Waals surface area (Å²) in [7, 11) is 0. The van der Waals surface area contributed by atoms with Crippen LogP contribution < -0.4 is 11.5 Å². The van der Waals surface area contributed by atoms with Gasteiger partial charge in [-0.1, -0.05) is 6.42 Å². The molecule has 5 heteroatoms. The molecule has 0 bridgehead atoms. The molecule has 1 atom stereocenters. The van der Waals surface area contributed by atoms with E-state index < -0.39 is 12.0 Å². The molecule has 5 N–H and O–H groups in total. The lowest BCUT2D eigenvalue weighted by Gasteiger charge is -2.03. The molecule has 0 rings (SSSR count). The maximum absolute atomic E-state index is 10.1. The van der Waals surface area contributed by atoms with Gasteiger partial charge in [-0.2, -0.15) is 0 Å². The minimum Gasteiger partial charge on any atom is -0.480 e. The average molecular weight is 170 g/mol. The van der Waals surface area contributed by atoms with E-state index in [2.05, 4.69) is 0 Å². The van der Waals surface area contributed by atoms with Gasteiger partial charge in [0.25, 0.3) is 0 Å². The number of carboxylic acid groups (broad SMARTS) is 1. The van der Waals surface area contributed by atoms with Crippen LogP contribution >= 0.6 is 0 Å². The molecule has 0 heterocycles. The fourth-order valence-electron chi connectivity index (χ4n) is 0.632. The van der Waals surface area contributed by atoms with Crippen LogP contribution in [0.4, 0.5) is 0 Å². The van der Waals surface area contributed by atoms with Crippen LogP contribution in [0.2, 0.25) is 0 Å². The predicted octanol–water partition coefficient (Wildman–Crippen LogP) is -0.853. The molecule has 0 aromatic carbocycles. The molecule has 0 aromatic heterocycles. The zero-order valence-corrected chi connectivity index (χ0v) is 8.04. The average Bonchev–Trinajstić information content (AvgIpc) is 1.88. The Morgan fingerprint density at radius 1 is 1.45 bits per heavy atom. The monoisotopic (exact) mass is 170 g/mol. The van der Waals surface area contributed by atoms with Crippen molar-refractivity contribution in [3.05, 3.63) is 0 Å². The number of hydrogen-bond acceptors (Lipinski definition) is 3. The molecule has 0 amide bonds. The van der Waals surface area contributed by atoms with Gasteiger partial charge in [0, 0.05) is 23.1 Å². The molecular weight excluding hydrogens is 156 g/mol. The minimum atomic E-state index is -0.933. The second-order valence-electron chi connectivity index (χ2n) is 2.23. The fourth-order valence-corrected chi connectivity index (χ4v) is 0.632. The van der Waals surface area contributed by atoms with Gasteiger partial charge in [-0.25, -0.2) is 0 Å². The van der Waals surface area contributed by atoms with E-state index in [1.54, 1.807) is 0 Å². The van der Waals surface area contributed by atoms with Crippen LogP contribution in [0.25, 0.3) is 0 Å². The van der Waals surface area contributed by atoms with Gasteiger partial charge < -0.3 is 16.6 Å². The number of hydrogen-bond donors (Lipinski definition) is 3. The number of carboxylic acids is 1. The first kappa shape index (κ1) is 13.7. The molecule has 2 radical (unpaired) electrons. The van der Waals surface area contributed by atoms with E-state index in [4.69, 9.17) is 16.6 Å². The van der Waals surface area contributed by atoms with E-state index in [-0.39, 0.29) is 23.1 Å². The van der Waals surface area contributed by atoms with Crippen molar-refractivity contribution in [2.24, 2.45) is 11.5 Å². The molecule has 0 spiro atoms. The Morgan fingerprint density at radius 3 is 2.36 bits per heavy atom.